The number of nitrogens with two attached hydrogens (primary N) is 1. The minimum atomic E-state index is -3.89. The molecule has 1 amide bonds. The summed E-state index contributed by atoms with van der Waals surface area (Å²) >= 11 is 0. The molecule has 6 nitrogen and oxygen atoms in total. The number of hydrogen-bond donors (Lipinski definition) is 1. The van der Waals surface area contributed by atoms with Crippen molar-refractivity contribution in [3.05, 3.63) is 48.2 Å². The number of aromatic nitrogens is 1. The predicted molar refractivity (Wildman–Crippen MR) is 119 cm³/mol. The largest absolute Gasteiger partial charge is 0.368 e. The standard InChI is InChI=1S/C23H31N3O3S/c1-3-5-6-18-7-12-21(25-17-18)19-8-10-20(11-9-19)30(28,29)23(22(24)27)13-15-26(4-2)16-14-23/h7-12,17H,3-6,13-16H2,1-2H3,(H2,24,27). The third-order valence-corrected chi connectivity index (χ3v) is 8.71. The monoisotopic (exact) mass is 429 g/mol. The highest BCUT2D eigenvalue weighted by molar-refractivity contribution is 7.93. The maximum atomic E-state index is 13.4. The van der Waals surface area contributed by atoms with Gasteiger partial charge in [0.15, 0.2) is 14.6 Å². The highest BCUT2D eigenvalue weighted by Gasteiger charge is 2.51. The van der Waals surface area contributed by atoms with Crippen molar-refractivity contribution in [3.8, 4) is 11.3 Å². The van der Waals surface area contributed by atoms with E-state index in [-0.39, 0.29) is 17.7 Å². The molecule has 1 aromatic carbocycles. The lowest BCUT2D eigenvalue weighted by Crippen LogP contribution is -2.56. The number of likely N-dealkylation sites (tertiary alicyclic amines) is 1. The summed E-state index contributed by atoms with van der Waals surface area (Å²) in [6.07, 6.45) is 5.60. The summed E-state index contributed by atoms with van der Waals surface area (Å²) in [5.74, 6) is -0.758. The van der Waals surface area contributed by atoms with Gasteiger partial charge in [0.25, 0.3) is 0 Å². The summed E-state index contributed by atoms with van der Waals surface area (Å²) < 4.78 is 25.3. The molecule has 2 aromatic rings. The number of carbonyl (C=O) groups is 1. The Morgan fingerprint density at radius 3 is 2.27 bits per heavy atom. The Balaban J connectivity index is 1.84. The number of unbranched alkanes of at least 4 members (excludes halogenated alkanes) is 1. The van der Waals surface area contributed by atoms with Crippen LogP contribution in [0.3, 0.4) is 0 Å². The normalized spacial score (nSPS) is 17.0. The molecule has 1 aliphatic rings. The van der Waals surface area contributed by atoms with Gasteiger partial charge in [-0.25, -0.2) is 8.42 Å². The zero-order valence-electron chi connectivity index (χ0n) is 17.8. The van der Waals surface area contributed by atoms with Crippen molar-refractivity contribution in [2.75, 3.05) is 19.6 Å². The van der Waals surface area contributed by atoms with Gasteiger partial charge in [0.05, 0.1) is 10.6 Å². The predicted octanol–water partition coefficient (Wildman–Crippen LogP) is 3.20. The minimum Gasteiger partial charge on any atom is -0.368 e. The zero-order valence-corrected chi connectivity index (χ0v) is 18.6. The fourth-order valence-corrected chi connectivity index (χ4v) is 5.96. The first kappa shape index (κ1) is 22.4. The maximum absolute atomic E-state index is 13.4. The molecule has 1 saturated heterocycles. The van der Waals surface area contributed by atoms with E-state index in [9.17, 15) is 13.2 Å². The van der Waals surface area contributed by atoms with Gasteiger partial charge in [0.1, 0.15) is 0 Å². The first-order valence-electron chi connectivity index (χ1n) is 10.7. The van der Waals surface area contributed by atoms with E-state index >= 15 is 0 Å². The molecule has 2 N–H and O–H groups in total. The number of sulfone groups is 1. The van der Waals surface area contributed by atoms with Crippen molar-refractivity contribution in [2.45, 2.75) is 55.6 Å². The van der Waals surface area contributed by atoms with Gasteiger partial charge in [-0.2, -0.15) is 0 Å². The van der Waals surface area contributed by atoms with Crippen LogP contribution in [0.4, 0.5) is 0 Å². The van der Waals surface area contributed by atoms with E-state index < -0.39 is 20.5 Å². The molecule has 2 heterocycles. The van der Waals surface area contributed by atoms with Crippen LogP contribution in [0.25, 0.3) is 11.3 Å². The van der Waals surface area contributed by atoms with Crippen LogP contribution < -0.4 is 5.73 Å². The second-order valence-corrected chi connectivity index (χ2v) is 10.2. The Morgan fingerprint density at radius 1 is 1.10 bits per heavy atom. The number of rotatable bonds is 8. The lowest BCUT2D eigenvalue weighted by atomic mass is 9.95. The lowest BCUT2D eigenvalue weighted by molar-refractivity contribution is -0.121. The zero-order chi connectivity index (χ0) is 21.8. The third-order valence-electron chi connectivity index (χ3n) is 6.18. The summed E-state index contributed by atoms with van der Waals surface area (Å²) in [6, 6.07) is 10.6. The first-order chi connectivity index (χ1) is 14.3. The van der Waals surface area contributed by atoms with Crippen molar-refractivity contribution >= 4 is 15.7 Å². The molecule has 30 heavy (non-hydrogen) atoms. The topological polar surface area (TPSA) is 93.4 Å². The average Bonchev–Trinajstić information content (AvgIpc) is 2.78. The fraction of sp³-hybridized carbons (Fsp3) is 0.478. The van der Waals surface area contributed by atoms with Gasteiger partial charge in [-0.1, -0.05) is 38.5 Å². The van der Waals surface area contributed by atoms with Crippen LogP contribution in [-0.2, 0) is 21.1 Å². The van der Waals surface area contributed by atoms with Crippen LogP contribution in [0.1, 0.15) is 45.1 Å². The molecule has 7 heteroatoms. The molecular weight excluding hydrogens is 398 g/mol. The van der Waals surface area contributed by atoms with Crippen LogP contribution in [0, 0.1) is 0 Å². The van der Waals surface area contributed by atoms with E-state index in [1.165, 1.54) is 5.56 Å². The van der Waals surface area contributed by atoms with Crippen molar-refractivity contribution in [3.63, 3.8) is 0 Å². The second kappa shape index (κ2) is 9.27. The molecule has 0 bridgehead atoms. The van der Waals surface area contributed by atoms with E-state index in [1.807, 2.05) is 19.2 Å². The van der Waals surface area contributed by atoms with E-state index in [0.29, 0.717) is 13.1 Å². The molecule has 0 unspecified atom stereocenters. The number of primary amides is 1. The quantitative estimate of drug-likeness (QED) is 0.695. The molecule has 1 fully saturated rings. The van der Waals surface area contributed by atoms with Crippen LogP contribution in [-0.4, -0.2) is 48.6 Å². The van der Waals surface area contributed by atoms with E-state index in [1.54, 1.807) is 24.3 Å². The Morgan fingerprint density at radius 2 is 1.77 bits per heavy atom. The van der Waals surface area contributed by atoms with Crippen LogP contribution in [0.2, 0.25) is 0 Å². The van der Waals surface area contributed by atoms with Gasteiger partial charge in [-0.15, -0.1) is 0 Å². The first-order valence-corrected chi connectivity index (χ1v) is 12.1. The summed E-state index contributed by atoms with van der Waals surface area (Å²) in [6.45, 7) is 6.10. The number of pyridine rings is 1. The molecular formula is C23H31N3O3S. The highest BCUT2D eigenvalue weighted by atomic mass is 32.2. The molecule has 0 spiro atoms. The molecule has 0 radical (unpaired) electrons. The Hall–Kier alpha value is -2.25. The van der Waals surface area contributed by atoms with Crippen LogP contribution in [0.5, 0.6) is 0 Å². The summed E-state index contributed by atoms with van der Waals surface area (Å²) in [5, 5.41) is 0. The van der Waals surface area contributed by atoms with Crippen LogP contribution >= 0.6 is 0 Å². The van der Waals surface area contributed by atoms with Gasteiger partial charge >= 0.3 is 0 Å². The van der Waals surface area contributed by atoms with Crippen molar-refractivity contribution in [2.24, 2.45) is 5.73 Å². The molecule has 162 valence electrons. The van der Waals surface area contributed by atoms with Gasteiger partial charge in [0.2, 0.25) is 5.91 Å². The number of nitrogens with zero attached hydrogens (tertiary/aromatic N) is 2. The SMILES string of the molecule is CCCCc1ccc(-c2ccc(S(=O)(=O)C3(C(N)=O)CCN(CC)CC3)cc2)nc1. The molecule has 0 atom stereocenters. The van der Waals surface area contributed by atoms with Gasteiger partial charge in [-0.05, 0) is 56.0 Å². The highest BCUT2D eigenvalue weighted by Crippen LogP contribution is 2.36. The number of piperidine rings is 1. The van der Waals surface area contributed by atoms with E-state index in [4.69, 9.17) is 5.73 Å². The summed E-state index contributed by atoms with van der Waals surface area (Å²) in [4.78, 5) is 19.1. The fourth-order valence-electron chi connectivity index (χ4n) is 4.03. The second-order valence-electron chi connectivity index (χ2n) is 7.98. The third kappa shape index (κ3) is 4.27. The molecule has 0 aliphatic carbocycles. The van der Waals surface area contributed by atoms with Gasteiger partial charge < -0.3 is 10.6 Å². The molecule has 1 aliphatic heterocycles. The van der Waals surface area contributed by atoms with Crippen LogP contribution in [0.15, 0.2) is 47.5 Å². The van der Waals surface area contributed by atoms with Gasteiger partial charge in [-0.3, -0.25) is 9.78 Å². The number of hydrogen-bond acceptors (Lipinski definition) is 5. The molecule has 0 saturated carbocycles. The summed E-state index contributed by atoms with van der Waals surface area (Å²) in [7, 11) is -3.89. The van der Waals surface area contributed by atoms with Gasteiger partial charge in [0, 0.05) is 24.8 Å². The van der Waals surface area contributed by atoms with E-state index in [2.05, 4.69) is 22.9 Å². The minimum absolute atomic E-state index is 0.134. The number of amides is 1. The van der Waals surface area contributed by atoms with Crippen molar-refractivity contribution in [1.29, 1.82) is 0 Å². The Kier molecular flexibility index (Phi) is 6.93. The average molecular weight is 430 g/mol. The molecule has 3 rings (SSSR count). The van der Waals surface area contributed by atoms with Crippen molar-refractivity contribution < 1.29 is 13.2 Å². The number of benzene rings is 1. The van der Waals surface area contributed by atoms with Crippen molar-refractivity contribution in [1.82, 2.24) is 9.88 Å². The maximum Gasteiger partial charge on any atom is 0.239 e. The molecule has 1 aromatic heterocycles. The lowest BCUT2D eigenvalue weighted by Gasteiger charge is -2.38. The number of carbonyl (C=O) groups excluding carboxylic acids is 1. The summed E-state index contributed by atoms with van der Waals surface area (Å²) in [5.41, 5.74) is 8.46. The Labute approximate surface area is 179 Å². The Bertz CT molecular complexity index is 962. The number of aryl methyl sites for hydroxylation is 1. The van der Waals surface area contributed by atoms with E-state index in [0.717, 1.165) is 37.1 Å². The smallest absolute Gasteiger partial charge is 0.239 e.